The third-order valence-corrected chi connectivity index (χ3v) is 6.13. The molecule has 0 heterocycles. The van der Waals surface area contributed by atoms with Gasteiger partial charge in [-0.3, -0.25) is 4.57 Å². The number of aryl methyl sites for hydroxylation is 1. The second-order valence-electron chi connectivity index (χ2n) is 5.93. The molecule has 2 aromatic rings. The lowest BCUT2D eigenvalue weighted by Gasteiger charge is -2.23. The number of aliphatic carboxylic acids is 1. The molecule has 2 rings (SSSR count). The number of benzene rings is 2. The van der Waals surface area contributed by atoms with Crippen molar-refractivity contribution in [2.75, 3.05) is 11.5 Å². The van der Waals surface area contributed by atoms with Crippen molar-refractivity contribution in [3.05, 3.63) is 66.2 Å². The molecule has 3 atom stereocenters. The quantitative estimate of drug-likeness (QED) is 0.510. The minimum absolute atomic E-state index is 0.315. The van der Waals surface area contributed by atoms with Crippen molar-refractivity contribution in [3.63, 3.8) is 0 Å². The van der Waals surface area contributed by atoms with Crippen LogP contribution >= 0.6 is 7.37 Å². The zero-order chi connectivity index (χ0) is 18.3. The van der Waals surface area contributed by atoms with Gasteiger partial charge in [0.05, 0.1) is 11.9 Å². The first-order chi connectivity index (χ1) is 11.9. The molecule has 0 saturated carbocycles. The van der Waals surface area contributed by atoms with E-state index in [0.29, 0.717) is 18.5 Å². The molecule has 25 heavy (non-hydrogen) atoms. The van der Waals surface area contributed by atoms with Gasteiger partial charge in [-0.2, -0.15) is 0 Å². The highest BCUT2D eigenvalue weighted by Gasteiger charge is 2.34. The smallest absolute Gasteiger partial charge is 0.326 e. The van der Waals surface area contributed by atoms with Crippen LogP contribution in [0.3, 0.4) is 0 Å². The van der Waals surface area contributed by atoms with E-state index in [4.69, 9.17) is 5.73 Å². The van der Waals surface area contributed by atoms with Gasteiger partial charge in [-0.25, -0.2) is 4.79 Å². The van der Waals surface area contributed by atoms with Crippen molar-refractivity contribution in [2.45, 2.75) is 24.7 Å². The monoisotopic (exact) mass is 362 g/mol. The highest BCUT2D eigenvalue weighted by atomic mass is 31.2. The topological polar surface area (TPSA) is 113 Å². The van der Waals surface area contributed by atoms with Crippen molar-refractivity contribution in [1.29, 1.82) is 0 Å². The van der Waals surface area contributed by atoms with Gasteiger partial charge in [0.25, 0.3) is 0 Å². The molecular weight excluding hydrogens is 339 g/mol. The van der Waals surface area contributed by atoms with Gasteiger partial charge in [0, 0.05) is 5.69 Å². The number of nitrogens with two attached hydrogens (primary N) is 1. The van der Waals surface area contributed by atoms with Crippen molar-refractivity contribution < 1.29 is 19.4 Å². The van der Waals surface area contributed by atoms with E-state index in [9.17, 15) is 19.4 Å². The van der Waals surface area contributed by atoms with E-state index in [0.717, 1.165) is 5.56 Å². The Morgan fingerprint density at radius 3 is 2.20 bits per heavy atom. The van der Waals surface area contributed by atoms with Gasteiger partial charge in [-0.05, 0) is 30.5 Å². The summed E-state index contributed by atoms with van der Waals surface area (Å²) in [5, 5.41) is 12.1. The first kappa shape index (κ1) is 19.2. The number of carbonyl (C=O) groups is 1. The molecule has 0 amide bonds. The van der Waals surface area contributed by atoms with E-state index >= 15 is 0 Å². The van der Waals surface area contributed by atoms with Crippen LogP contribution in [0.5, 0.6) is 0 Å². The predicted octanol–water partition coefficient (Wildman–Crippen LogP) is 2.74. The Hall–Kier alpha value is -2.14. The lowest BCUT2D eigenvalue weighted by atomic mass is 10.1. The summed E-state index contributed by atoms with van der Waals surface area (Å²) in [4.78, 5) is 21.7. The summed E-state index contributed by atoms with van der Waals surface area (Å²) in [6.45, 7) is 0. The highest BCUT2D eigenvalue weighted by molar-refractivity contribution is 7.58. The second-order valence-corrected chi connectivity index (χ2v) is 8.47. The lowest BCUT2D eigenvalue weighted by Crippen LogP contribution is -2.36. The third kappa shape index (κ3) is 6.02. The molecule has 2 aromatic carbocycles. The van der Waals surface area contributed by atoms with Crippen molar-refractivity contribution in [3.8, 4) is 0 Å². The molecule has 6 nitrogen and oxygen atoms in total. The number of anilines is 1. The number of rotatable bonds is 9. The molecule has 0 aliphatic heterocycles. The molecule has 0 radical (unpaired) electrons. The number of hydrogen-bond donors (Lipinski definition) is 4. The van der Waals surface area contributed by atoms with Crippen LogP contribution < -0.4 is 11.1 Å². The Labute approximate surface area is 147 Å². The van der Waals surface area contributed by atoms with E-state index in [2.05, 4.69) is 5.32 Å². The Kier molecular flexibility index (Phi) is 6.76. The lowest BCUT2D eigenvalue weighted by molar-refractivity contribution is -0.137. The standard InChI is InChI=1S/C18H23N2O4P/c19-17(12-11-14-7-3-1-4-8-14)25(23,24)13-16(18(21)22)20-15-9-5-2-6-10-15/h1-10,16-17,20H,11-13,19H2,(H,21,22)(H,23,24). The Balaban J connectivity index is 1.98. The van der Waals surface area contributed by atoms with Crippen LogP contribution in [-0.2, 0) is 15.8 Å². The van der Waals surface area contributed by atoms with Gasteiger partial charge in [0.1, 0.15) is 6.04 Å². The molecular formula is C18H23N2O4P. The maximum absolute atomic E-state index is 12.6. The summed E-state index contributed by atoms with van der Waals surface area (Å²) >= 11 is 0. The van der Waals surface area contributed by atoms with Crippen LogP contribution in [0.2, 0.25) is 0 Å². The Morgan fingerprint density at radius 2 is 1.64 bits per heavy atom. The van der Waals surface area contributed by atoms with Gasteiger partial charge in [0.2, 0.25) is 7.37 Å². The van der Waals surface area contributed by atoms with Gasteiger partial charge < -0.3 is 21.1 Å². The predicted molar refractivity (Wildman–Crippen MR) is 98.9 cm³/mol. The molecule has 3 unspecified atom stereocenters. The SMILES string of the molecule is NC(CCc1ccccc1)P(=O)(O)CC(Nc1ccccc1)C(=O)O. The van der Waals surface area contributed by atoms with Crippen LogP contribution in [0, 0.1) is 0 Å². The van der Waals surface area contributed by atoms with Crippen molar-refractivity contribution >= 4 is 19.0 Å². The summed E-state index contributed by atoms with van der Waals surface area (Å²) in [5.41, 5.74) is 7.51. The van der Waals surface area contributed by atoms with Crippen molar-refractivity contribution in [1.82, 2.24) is 0 Å². The molecule has 0 aliphatic carbocycles. The van der Waals surface area contributed by atoms with E-state index in [-0.39, 0.29) is 0 Å². The van der Waals surface area contributed by atoms with Gasteiger partial charge in [-0.15, -0.1) is 0 Å². The van der Waals surface area contributed by atoms with Crippen LogP contribution in [0.25, 0.3) is 0 Å². The maximum atomic E-state index is 12.6. The average molecular weight is 362 g/mol. The molecule has 0 aliphatic rings. The normalized spacial score (nSPS) is 15.8. The number of hydrogen-bond acceptors (Lipinski definition) is 4. The van der Waals surface area contributed by atoms with Crippen LogP contribution in [0.15, 0.2) is 60.7 Å². The summed E-state index contributed by atoms with van der Waals surface area (Å²) in [6.07, 6.45) is 0.457. The van der Waals surface area contributed by atoms with Crippen LogP contribution in [0.1, 0.15) is 12.0 Å². The molecule has 0 spiro atoms. The number of nitrogens with one attached hydrogen (secondary N) is 1. The Morgan fingerprint density at radius 1 is 1.08 bits per heavy atom. The summed E-state index contributed by atoms with van der Waals surface area (Å²) in [6, 6.07) is 17.1. The van der Waals surface area contributed by atoms with Gasteiger partial charge >= 0.3 is 5.97 Å². The largest absolute Gasteiger partial charge is 0.480 e. The average Bonchev–Trinajstić information content (AvgIpc) is 2.60. The molecule has 0 saturated heterocycles. The summed E-state index contributed by atoms with van der Waals surface area (Å²) in [5.74, 6) is -2.15. The first-order valence-corrected chi connectivity index (χ1v) is 9.95. The summed E-state index contributed by atoms with van der Waals surface area (Å²) in [7, 11) is -3.83. The molecule has 5 N–H and O–H groups in total. The van der Waals surface area contributed by atoms with Gasteiger partial charge in [-0.1, -0.05) is 48.5 Å². The van der Waals surface area contributed by atoms with Gasteiger partial charge in [0.15, 0.2) is 0 Å². The molecule has 7 heteroatoms. The fourth-order valence-electron chi connectivity index (χ4n) is 2.48. The van der Waals surface area contributed by atoms with Crippen LogP contribution in [-0.4, -0.2) is 34.0 Å². The minimum atomic E-state index is -3.83. The molecule has 134 valence electrons. The Bertz CT molecular complexity index is 724. The van der Waals surface area contributed by atoms with E-state index in [1.807, 2.05) is 30.3 Å². The second kappa shape index (κ2) is 8.81. The van der Waals surface area contributed by atoms with E-state index < -0.39 is 31.3 Å². The number of para-hydroxylation sites is 1. The maximum Gasteiger partial charge on any atom is 0.326 e. The minimum Gasteiger partial charge on any atom is -0.480 e. The summed E-state index contributed by atoms with van der Waals surface area (Å²) < 4.78 is 12.6. The van der Waals surface area contributed by atoms with Crippen molar-refractivity contribution in [2.24, 2.45) is 5.73 Å². The van der Waals surface area contributed by atoms with E-state index in [1.54, 1.807) is 30.3 Å². The zero-order valence-electron chi connectivity index (χ0n) is 13.8. The molecule has 0 fully saturated rings. The number of carboxylic acids is 1. The molecule has 0 bridgehead atoms. The zero-order valence-corrected chi connectivity index (χ0v) is 14.7. The fraction of sp³-hybridized carbons (Fsp3) is 0.278. The van der Waals surface area contributed by atoms with E-state index in [1.165, 1.54) is 0 Å². The highest BCUT2D eigenvalue weighted by Crippen LogP contribution is 2.46. The number of carboxylic acid groups (broad SMARTS) is 1. The fourth-order valence-corrected chi connectivity index (χ4v) is 4.05. The third-order valence-electron chi connectivity index (χ3n) is 3.95. The first-order valence-electron chi connectivity index (χ1n) is 8.04. The van der Waals surface area contributed by atoms with Crippen LogP contribution in [0.4, 0.5) is 5.69 Å². The molecule has 0 aromatic heterocycles.